The molecule has 0 spiro atoms. The van der Waals surface area contributed by atoms with Crippen molar-refractivity contribution in [3.8, 4) is 22.5 Å². The van der Waals surface area contributed by atoms with Crippen LogP contribution in [0.15, 0.2) is 217 Å². The molecule has 0 bridgehead atoms. The fourth-order valence-electron chi connectivity index (χ4n) is 9.21. The summed E-state index contributed by atoms with van der Waals surface area (Å²) in [6, 6.07) is 76.2. The van der Waals surface area contributed by atoms with E-state index >= 15 is 0 Å². The van der Waals surface area contributed by atoms with E-state index in [1.165, 1.54) is 38.2 Å². The molecule has 0 unspecified atom stereocenters. The topological polar surface area (TPSA) is 26.2 Å². The van der Waals surface area contributed by atoms with Gasteiger partial charge in [0.15, 0.2) is 0 Å². The molecular formula is C54H35N3O. The van der Waals surface area contributed by atoms with E-state index in [9.17, 15) is 0 Å². The number of hydrogen-bond acceptors (Lipinski definition) is 2. The van der Waals surface area contributed by atoms with Gasteiger partial charge in [0.2, 0.25) is 0 Å². The molecule has 0 radical (unpaired) electrons. The van der Waals surface area contributed by atoms with E-state index < -0.39 is 0 Å². The van der Waals surface area contributed by atoms with Gasteiger partial charge in [-0.05, 0) is 78.4 Å². The highest BCUT2D eigenvalue weighted by atomic mass is 16.3. The third kappa shape index (κ3) is 4.88. The molecule has 0 saturated heterocycles. The third-order valence-electron chi connectivity index (χ3n) is 11.7. The normalized spacial score (nSPS) is 11.8. The molecule has 0 amide bonds. The van der Waals surface area contributed by atoms with Crippen molar-refractivity contribution < 1.29 is 4.42 Å². The SMILES string of the molecule is c1ccc(-c2ccccc2-n2c3ccccc3c3ccc(N(c4ccc5c(c4)oc4ccccc45)c4cccc5c4c4ccccc4n5-c4ccccc4)cc32)cc1. The van der Waals surface area contributed by atoms with Gasteiger partial charge in [0.05, 0.1) is 33.4 Å². The Kier molecular flexibility index (Phi) is 7.20. The number of furan rings is 1. The molecule has 0 N–H and O–H groups in total. The van der Waals surface area contributed by atoms with Gasteiger partial charge in [0.1, 0.15) is 11.2 Å². The van der Waals surface area contributed by atoms with Crippen LogP contribution in [0, 0.1) is 0 Å². The third-order valence-corrected chi connectivity index (χ3v) is 11.7. The second kappa shape index (κ2) is 12.9. The smallest absolute Gasteiger partial charge is 0.137 e. The number of aromatic nitrogens is 2. The fourth-order valence-corrected chi connectivity index (χ4v) is 9.21. The van der Waals surface area contributed by atoms with Gasteiger partial charge >= 0.3 is 0 Å². The van der Waals surface area contributed by atoms with Crippen molar-refractivity contribution in [1.82, 2.24) is 9.13 Å². The van der Waals surface area contributed by atoms with Crippen LogP contribution in [-0.4, -0.2) is 9.13 Å². The number of fused-ring (bicyclic) bond motifs is 9. The molecule has 0 saturated carbocycles. The van der Waals surface area contributed by atoms with Gasteiger partial charge in [-0.3, -0.25) is 0 Å². The Morgan fingerprint density at radius 1 is 0.362 bits per heavy atom. The molecule has 0 aliphatic carbocycles. The van der Waals surface area contributed by atoms with Gasteiger partial charge in [-0.1, -0.05) is 133 Å². The van der Waals surface area contributed by atoms with Crippen LogP contribution in [0.1, 0.15) is 0 Å². The summed E-state index contributed by atoms with van der Waals surface area (Å²) < 4.78 is 11.4. The Hall–Kier alpha value is -7.82. The van der Waals surface area contributed by atoms with Crippen LogP contribution < -0.4 is 4.90 Å². The number of benzene rings is 9. The van der Waals surface area contributed by atoms with Crippen molar-refractivity contribution >= 4 is 82.6 Å². The summed E-state index contributed by atoms with van der Waals surface area (Å²) in [5.41, 5.74) is 14.1. The minimum Gasteiger partial charge on any atom is -0.456 e. The summed E-state index contributed by atoms with van der Waals surface area (Å²) in [6.45, 7) is 0. The predicted molar refractivity (Wildman–Crippen MR) is 243 cm³/mol. The van der Waals surface area contributed by atoms with Crippen LogP contribution in [0.5, 0.6) is 0 Å². The van der Waals surface area contributed by atoms with E-state index in [0.717, 1.165) is 66.9 Å². The Bertz CT molecular complexity index is 3520. The summed E-state index contributed by atoms with van der Waals surface area (Å²) in [6.07, 6.45) is 0. The number of hydrogen-bond donors (Lipinski definition) is 0. The van der Waals surface area contributed by atoms with Crippen molar-refractivity contribution in [2.75, 3.05) is 4.90 Å². The van der Waals surface area contributed by atoms with Crippen LogP contribution in [0.25, 0.3) is 88.1 Å². The molecule has 0 atom stereocenters. The van der Waals surface area contributed by atoms with Crippen molar-refractivity contribution in [2.24, 2.45) is 0 Å². The van der Waals surface area contributed by atoms with Gasteiger partial charge < -0.3 is 18.5 Å². The molecule has 58 heavy (non-hydrogen) atoms. The lowest BCUT2D eigenvalue weighted by molar-refractivity contribution is 0.669. The molecule has 3 aromatic heterocycles. The van der Waals surface area contributed by atoms with Crippen molar-refractivity contribution in [1.29, 1.82) is 0 Å². The predicted octanol–water partition coefficient (Wildman–Crippen LogP) is 14.9. The van der Waals surface area contributed by atoms with E-state index in [4.69, 9.17) is 4.42 Å². The number of nitrogens with zero attached hydrogens (tertiary/aromatic N) is 3. The first-order valence-electron chi connectivity index (χ1n) is 19.8. The zero-order chi connectivity index (χ0) is 38.2. The molecular weight excluding hydrogens is 707 g/mol. The number of rotatable bonds is 6. The van der Waals surface area contributed by atoms with E-state index in [1.807, 2.05) is 12.1 Å². The highest BCUT2D eigenvalue weighted by Gasteiger charge is 2.24. The summed E-state index contributed by atoms with van der Waals surface area (Å²) in [5, 5.41) is 7.02. The Morgan fingerprint density at radius 3 is 1.78 bits per heavy atom. The molecule has 272 valence electrons. The maximum Gasteiger partial charge on any atom is 0.137 e. The van der Waals surface area contributed by atoms with Crippen LogP contribution in [0.4, 0.5) is 17.1 Å². The molecule has 9 aromatic carbocycles. The molecule has 0 aliphatic heterocycles. The number of anilines is 3. The number of para-hydroxylation sites is 5. The van der Waals surface area contributed by atoms with Crippen LogP contribution in [0.2, 0.25) is 0 Å². The standard InChI is InChI=1S/C54H35N3O/c1-3-16-36(17-4-1)40-20-7-11-24-46(40)57-47-25-12-8-21-41(47)42-32-30-38(34-51(42)57)55(39-31-33-44-43-22-10-14-29-52(43)58-53(44)35-39)49-27-15-28-50-54(49)45-23-9-13-26-48(45)56(50)37-18-5-2-6-19-37/h1-35H. The lowest BCUT2D eigenvalue weighted by Gasteiger charge is -2.27. The molecule has 12 aromatic rings. The van der Waals surface area contributed by atoms with Gasteiger partial charge in [0, 0.05) is 61.0 Å². The van der Waals surface area contributed by atoms with Crippen LogP contribution in [-0.2, 0) is 0 Å². The zero-order valence-corrected chi connectivity index (χ0v) is 31.5. The van der Waals surface area contributed by atoms with Crippen LogP contribution in [0.3, 0.4) is 0 Å². The van der Waals surface area contributed by atoms with Crippen molar-refractivity contribution in [2.45, 2.75) is 0 Å². The second-order valence-electron chi connectivity index (χ2n) is 14.9. The fraction of sp³-hybridized carbons (Fsp3) is 0. The van der Waals surface area contributed by atoms with E-state index in [-0.39, 0.29) is 0 Å². The first-order chi connectivity index (χ1) is 28.8. The second-order valence-corrected chi connectivity index (χ2v) is 14.9. The largest absolute Gasteiger partial charge is 0.456 e. The summed E-state index contributed by atoms with van der Waals surface area (Å²) >= 11 is 0. The highest BCUT2D eigenvalue weighted by molar-refractivity contribution is 6.18. The lowest BCUT2D eigenvalue weighted by atomic mass is 10.0. The summed E-state index contributed by atoms with van der Waals surface area (Å²) in [5.74, 6) is 0. The molecule has 3 heterocycles. The maximum absolute atomic E-state index is 6.54. The monoisotopic (exact) mass is 741 g/mol. The highest BCUT2D eigenvalue weighted by Crippen LogP contribution is 2.46. The molecule has 0 aliphatic rings. The Balaban J connectivity index is 1.17. The van der Waals surface area contributed by atoms with E-state index in [2.05, 4.69) is 214 Å². The Labute approximate surface area is 334 Å². The van der Waals surface area contributed by atoms with Crippen LogP contribution >= 0.6 is 0 Å². The van der Waals surface area contributed by atoms with Gasteiger partial charge in [-0.25, -0.2) is 0 Å². The zero-order valence-electron chi connectivity index (χ0n) is 31.5. The maximum atomic E-state index is 6.54. The molecule has 12 rings (SSSR count). The summed E-state index contributed by atoms with van der Waals surface area (Å²) in [4.78, 5) is 2.42. The van der Waals surface area contributed by atoms with Gasteiger partial charge in [-0.2, -0.15) is 0 Å². The average molecular weight is 742 g/mol. The first kappa shape index (κ1) is 32.4. The lowest BCUT2D eigenvalue weighted by Crippen LogP contribution is -2.10. The van der Waals surface area contributed by atoms with Gasteiger partial charge in [-0.15, -0.1) is 0 Å². The molecule has 4 nitrogen and oxygen atoms in total. The van der Waals surface area contributed by atoms with Crippen molar-refractivity contribution in [3.63, 3.8) is 0 Å². The quantitative estimate of drug-likeness (QED) is 0.170. The molecule has 4 heteroatoms. The van der Waals surface area contributed by atoms with Gasteiger partial charge in [0.25, 0.3) is 0 Å². The minimum absolute atomic E-state index is 0.856. The first-order valence-corrected chi connectivity index (χ1v) is 19.8. The summed E-state index contributed by atoms with van der Waals surface area (Å²) in [7, 11) is 0. The van der Waals surface area contributed by atoms with E-state index in [1.54, 1.807) is 0 Å². The van der Waals surface area contributed by atoms with E-state index in [0.29, 0.717) is 0 Å². The van der Waals surface area contributed by atoms with Crippen molar-refractivity contribution in [3.05, 3.63) is 212 Å². The Morgan fingerprint density at radius 2 is 0.948 bits per heavy atom. The minimum atomic E-state index is 0.856. The average Bonchev–Trinajstić information content (AvgIpc) is 3.95. The molecule has 0 fully saturated rings.